The van der Waals surface area contributed by atoms with Crippen LogP contribution in [0.2, 0.25) is 0 Å². The van der Waals surface area contributed by atoms with Gasteiger partial charge in [-0.1, -0.05) is 30.3 Å². The smallest absolute Gasteiger partial charge is 0.254 e. The summed E-state index contributed by atoms with van der Waals surface area (Å²) < 4.78 is 21.7. The van der Waals surface area contributed by atoms with Crippen molar-refractivity contribution in [3.05, 3.63) is 107 Å². The quantitative estimate of drug-likeness (QED) is 0.297. The zero-order valence-corrected chi connectivity index (χ0v) is 19.9. The van der Waals surface area contributed by atoms with Crippen LogP contribution < -0.4 is 4.74 Å². The molecule has 1 fully saturated rings. The van der Waals surface area contributed by atoms with Crippen LogP contribution >= 0.6 is 0 Å². The topological polar surface area (TPSA) is 47.4 Å². The zero-order valence-electron chi connectivity index (χ0n) is 19.9. The lowest BCUT2D eigenvalue weighted by Gasteiger charge is -2.23. The minimum absolute atomic E-state index is 0.120. The highest BCUT2D eigenvalue weighted by molar-refractivity contribution is 5.94. The van der Waals surface area contributed by atoms with Gasteiger partial charge in [0.15, 0.2) is 0 Å². The first kappa shape index (κ1) is 22.8. The number of carbonyl (C=O) groups excluding carboxylic acids is 1. The van der Waals surface area contributed by atoms with Crippen LogP contribution in [0.1, 0.15) is 40.0 Å². The Bertz CT molecular complexity index is 1330. The second kappa shape index (κ2) is 9.74. The molecule has 0 N–H and O–H groups in total. The molecule has 1 aliphatic rings. The van der Waals surface area contributed by atoms with E-state index in [9.17, 15) is 9.18 Å². The lowest BCUT2D eigenvalue weighted by Crippen LogP contribution is -2.32. The maximum atomic E-state index is 13.5. The Balaban J connectivity index is 1.54. The molecule has 35 heavy (non-hydrogen) atoms. The van der Waals surface area contributed by atoms with E-state index in [1.165, 1.54) is 12.1 Å². The Morgan fingerprint density at radius 2 is 1.77 bits per heavy atom. The molecular formula is C29H28FN3O2. The highest BCUT2D eigenvalue weighted by atomic mass is 19.1. The first-order valence-electron chi connectivity index (χ1n) is 11.9. The Kier molecular flexibility index (Phi) is 6.36. The SMILES string of the molecule is Cc1cccc(Oc2c(CN(CC3CC3)C(=O)c3ccc(F)cc3)c(C)nn2-c2ccccc2)c1. The molecular weight excluding hydrogens is 441 g/mol. The average molecular weight is 470 g/mol. The summed E-state index contributed by atoms with van der Waals surface area (Å²) in [4.78, 5) is 15.3. The van der Waals surface area contributed by atoms with Gasteiger partial charge in [-0.25, -0.2) is 9.07 Å². The predicted octanol–water partition coefficient (Wildman–Crippen LogP) is 6.47. The van der Waals surface area contributed by atoms with Crippen molar-refractivity contribution in [1.29, 1.82) is 0 Å². The van der Waals surface area contributed by atoms with Gasteiger partial charge in [0.25, 0.3) is 5.91 Å². The second-order valence-corrected chi connectivity index (χ2v) is 9.17. The van der Waals surface area contributed by atoms with Crippen LogP contribution in [0.3, 0.4) is 0 Å². The molecule has 0 aliphatic heterocycles. The van der Waals surface area contributed by atoms with Gasteiger partial charge in [0.2, 0.25) is 5.88 Å². The number of carbonyl (C=O) groups is 1. The monoisotopic (exact) mass is 469 g/mol. The standard InChI is InChI=1S/C29H28FN3O2/c1-20-7-6-10-26(17-20)35-29-27(21(2)31-33(29)25-8-4-3-5-9-25)19-32(18-22-11-12-22)28(34)23-13-15-24(30)16-14-23/h3-10,13-17,22H,11-12,18-19H2,1-2H3. The van der Waals surface area contributed by atoms with Gasteiger partial charge in [0.05, 0.1) is 23.5 Å². The fourth-order valence-electron chi connectivity index (χ4n) is 4.16. The molecule has 6 heteroatoms. The number of hydrogen-bond donors (Lipinski definition) is 0. The van der Waals surface area contributed by atoms with Crippen LogP contribution in [0.15, 0.2) is 78.9 Å². The third-order valence-corrected chi connectivity index (χ3v) is 6.24. The molecule has 1 heterocycles. The van der Waals surface area contributed by atoms with E-state index < -0.39 is 0 Å². The van der Waals surface area contributed by atoms with Gasteiger partial charge in [0.1, 0.15) is 11.6 Å². The Hall–Kier alpha value is -3.93. The first-order valence-corrected chi connectivity index (χ1v) is 11.9. The highest BCUT2D eigenvalue weighted by Gasteiger charge is 2.30. The van der Waals surface area contributed by atoms with Gasteiger partial charge in [-0.2, -0.15) is 5.10 Å². The van der Waals surface area contributed by atoms with E-state index in [-0.39, 0.29) is 11.7 Å². The molecule has 5 nitrogen and oxygen atoms in total. The molecule has 3 aromatic carbocycles. The number of benzene rings is 3. The van der Waals surface area contributed by atoms with Gasteiger partial charge < -0.3 is 9.64 Å². The molecule has 1 saturated carbocycles. The van der Waals surface area contributed by atoms with Crippen molar-refractivity contribution in [3.8, 4) is 17.3 Å². The first-order chi connectivity index (χ1) is 17.0. The molecule has 0 atom stereocenters. The Labute approximate surface area is 204 Å². The maximum Gasteiger partial charge on any atom is 0.254 e. The molecule has 0 saturated heterocycles. The van der Waals surface area contributed by atoms with E-state index in [1.54, 1.807) is 16.8 Å². The van der Waals surface area contributed by atoms with Crippen molar-refractivity contribution in [1.82, 2.24) is 14.7 Å². The van der Waals surface area contributed by atoms with E-state index in [4.69, 9.17) is 9.84 Å². The normalized spacial score (nSPS) is 13.0. The average Bonchev–Trinajstić information content (AvgIpc) is 3.63. The summed E-state index contributed by atoms with van der Waals surface area (Å²) in [6.07, 6.45) is 2.23. The van der Waals surface area contributed by atoms with E-state index in [0.29, 0.717) is 36.2 Å². The number of amides is 1. The molecule has 1 aromatic heterocycles. The number of hydrogen-bond acceptors (Lipinski definition) is 3. The summed E-state index contributed by atoms with van der Waals surface area (Å²) in [5.41, 5.74) is 4.09. The van der Waals surface area contributed by atoms with Crippen LogP contribution in [-0.4, -0.2) is 27.1 Å². The van der Waals surface area contributed by atoms with Gasteiger partial charge in [-0.05, 0) is 86.7 Å². The number of aromatic nitrogens is 2. The molecule has 0 bridgehead atoms. The van der Waals surface area contributed by atoms with Gasteiger partial charge in [-0.3, -0.25) is 4.79 Å². The largest absolute Gasteiger partial charge is 0.439 e. The van der Waals surface area contributed by atoms with Crippen LogP contribution in [0.4, 0.5) is 4.39 Å². The molecule has 178 valence electrons. The molecule has 0 unspecified atom stereocenters. The van der Waals surface area contributed by atoms with Crippen LogP contribution in [0.25, 0.3) is 5.69 Å². The lowest BCUT2D eigenvalue weighted by molar-refractivity contribution is 0.0733. The zero-order chi connectivity index (χ0) is 24.4. The van der Waals surface area contributed by atoms with Crippen molar-refractivity contribution in [2.75, 3.05) is 6.54 Å². The van der Waals surface area contributed by atoms with E-state index >= 15 is 0 Å². The number of para-hydroxylation sites is 1. The van der Waals surface area contributed by atoms with Gasteiger partial charge >= 0.3 is 0 Å². The van der Waals surface area contributed by atoms with Crippen LogP contribution in [-0.2, 0) is 6.54 Å². The summed E-state index contributed by atoms with van der Waals surface area (Å²) in [7, 11) is 0. The van der Waals surface area contributed by atoms with Crippen molar-refractivity contribution in [3.63, 3.8) is 0 Å². The van der Waals surface area contributed by atoms with E-state index in [0.717, 1.165) is 35.3 Å². The minimum Gasteiger partial charge on any atom is -0.439 e. The predicted molar refractivity (Wildman–Crippen MR) is 133 cm³/mol. The summed E-state index contributed by atoms with van der Waals surface area (Å²) in [5, 5.41) is 4.80. The lowest BCUT2D eigenvalue weighted by atomic mass is 10.1. The number of rotatable bonds is 8. The number of aryl methyl sites for hydroxylation is 2. The molecule has 0 radical (unpaired) electrons. The van der Waals surface area contributed by atoms with Crippen molar-refractivity contribution in [2.24, 2.45) is 5.92 Å². The van der Waals surface area contributed by atoms with Crippen molar-refractivity contribution >= 4 is 5.91 Å². The number of nitrogens with zero attached hydrogens (tertiary/aromatic N) is 3. The fourth-order valence-corrected chi connectivity index (χ4v) is 4.16. The van der Waals surface area contributed by atoms with Crippen molar-refractivity contribution < 1.29 is 13.9 Å². The minimum atomic E-state index is -0.357. The van der Waals surface area contributed by atoms with Crippen LogP contribution in [0.5, 0.6) is 11.6 Å². The highest BCUT2D eigenvalue weighted by Crippen LogP contribution is 2.35. The Morgan fingerprint density at radius 1 is 1.03 bits per heavy atom. The van der Waals surface area contributed by atoms with Gasteiger partial charge in [-0.15, -0.1) is 0 Å². The summed E-state index contributed by atoms with van der Waals surface area (Å²) >= 11 is 0. The Morgan fingerprint density at radius 3 is 2.46 bits per heavy atom. The third kappa shape index (κ3) is 5.27. The van der Waals surface area contributed by atoms with Gasteiger partial charge in [0, 0.05) is 12.1 Å². The number of halogens is 1. The van der Waals surface area contributed by atoms with Crippen molar-refractivity contribution in [2.45, 2.75) is 33.2 Å². The molecule has 5 rings (SSSR count). The van der Waals surface area contributed by atoms with Crippen LogP contribution in [0, 0.1) is 25.6 Å². The van der Waals surface area contributed by atoms with E-state index in [1.807, 2.05) is 73.3 Å². The maximum absolute atomic E-state index is 13.5. The third-order valence-electron chi connectivity index (χ3n) is 6.24. The molecule has 1 aliphatic carbocycles. The summed E-state index contributed by atoms with van der Waals surface area (Å²) in [6.45, 7) is 4.96. The summed E-state index contributed by atoms with van der Waals surface area (Å²) in [5.74, 6) is 1.31. The second-order valence-electron chi connectivity index (χ2n) is 9.17. The molecule has 4 aromatic rings. The summed E-state index contributed by atoms with van der Waals surface area (Å²) in [6, 6.07) is 23.4. The molecule has 1 amide bonds. The van der Waals surface area contributed by atoms with E-state index in [2.05, 4.69) is 0 Å². The molecule has 0 spiro atoms. The number of ether oxygens (including phenoxy) is 1. The fraction of sp³-hybridized carbons (Fsp3) is 0.241.